The highest BCUT2D eigenvalue weighted by molar-refractivity contribution is 6.01. The molecule has 0 saturated heterocycles. The highest BCUT2D eigenvalue weighted by Crippen LogP contribution is 2.09. The second-order valence-electron chi connectivity index (χ2n) is 5.54. The van der Waals surface area contributed by atoms with Crippen LogP contribution < -0.4 is 10.6 Å². The summed E-state index contributed by atoms with van der Waals surface area (Å²) in [5, 5.41) is 5.45. The van der Waals surface area contributed by atoms with Crippen molar-refractivity contribution in [3.05, 3.63) is 66.1 Å². The molecule has 128 valence electrons. The van der Waals surface area contributed by atoms with Crippen LogP contribution in [0.5, 0.6) is 0 Å². The molecule has 2 amide bonds. The van der Waals surface area contributed by atoms with Gasteiger partial charge in [0.15, 0.2) is 11.6 Å². The van der Waals surface area contributed by atoms with Gasteiger partial charge in [0, 0.05) is 39.2 Å². The molecule has 0 atom stereocenters. The third-order valence-electron chi connectivity index (χ3n) is 3.64. The first-order valence-electron chi connectivity index (χ1n) is 7.69. The van der Waals surface area contributed by atoms with Crippen LogP contribution >= 0.6 is 0 Å². The Hall–Kier alpha value is -3.42. The Balaban J connectivity index is 1.66. The monoisotopic (exact) mass is 338 g/mol. The van der Waals surface area contributed by atoms with E-state index in [0.29, 0.717) is 12.4 Å². The molecular formula is C17H18N6O2. The van der Waals surface area contributed by atoms with Crippen LogP contribution in [0.25, 0.3) is 0 Å². The molecule has 8 heteroatoms. The van der Waals surface area contributed by atoms with E-state index >= 15 is 0 Å². The number of nitrogens with zero attached hydrogens (tertiary/aromatic N) is 4. The number of benzene rings is 1. The van der Waals surface area contributed by atoms with E-state index in [4.69, 9.17) is 0 Å². The molecule has 2 N–H and O–H groups in total. The lowest BCUT2D eigenvalue weighted by Crippen LogP contribution is -2.25. The van der Waals surface area contributed by atoms with Gasteiger partial charge < -0.3 is 19.8 Å². The van der Waals surface area contributed by atoms with Gasteiger partial charge in [-0.05, 0) is 5.56 Å². The Bertz CT molecular complexity index is 897. The maximum atomic E-state index is 12.3. The Morgan fingerprint density at radius 1 is 1.04 bits per heavy atom. The van der Waals surface area contributed by atoms with E-state index in [2.05, 4.69) is 20.6 Å². The molecule has 1 aromatic carbocycles. The third-order valence-corrected chi connectivity index (χ3v) is 3.64. The molecule has 0 aliphatic heterocycles. The van der Waals surface area contributed by atoms with E-state index in [9.17, 15) is 9.59 Å². The average molecular weight is 338 g/mol. The number of nitrogens with one attached hydrogen (secondary N) is 2. The van der Waals surface area contributed by atoms with Gasteiger partial charge in [0.25, 0.3) is 11.8 Å². The van der Waals surface area contributed by atoms with Gasteiger partial charge in [-0.1, -0.05) is 30.3 Å². The summed E-state index contributed by atoms with van der Waals surface area (Å²) in [6.45, 7) is 0.404. The summed E-state index contributed by atoms with van der Waals surface area (Å²) in [6, 6.07) is 9.59. The number of imidazole rings is 2. The highest BCUT2D eigenvalue weighted by atomic mass is 16.2. The quantitative estimate of drug-likeness (QED) is 0.734. The first kappa shape index (κ1) is 16.4. The van der Waals surface area contributed by atoms with E-state index < -0.39 is 0 Å². The van der Waals surface area contributed by atoms with Gasteiger partial charge in [0.2, 0.25) is 5.82 Å². The SMILES string of the molecule is Cn1cc(NC(=O)c2nccn2C)nc1C(=O)NCc1ccccc1. The highest BCUT2D eigenvalue weighted by Gasteiger charge is 2.17. The number of anilines is 1. The van der Waals surface area contributed by atoms with Crippen LogP contribution in [0.2, 0.25) is 0 Å². The Kier molecular flexibility index (Phi) is 4.60. The number of carbonyl (C=O) groups is 2. The van der Waals surface area contributed by atoms with Crippen LogP contribution in [0.4, 0.5) is 5.82 Å². The number of hydrogen-bond acceptors (Lipinski definition) is 4. The maximum Gasteiger partial charge on any atom is 0.292 e. The molecule has 0 aliphatic rings. The fourth-order valence-corrected chi connectivity index (χ4v) is 2.35. The van der Waals surface area contributed by atoms with Gasteiger partial charge in [0.05, 0.1) is 0 Å². The van der Waals surface area contributed by atoms with E-state index in [1.54, 1.807) is 35.6 Å². The van der Waals surface area contributed by atoms with Crippen molar-refractivity contribution >= 4 is 17.6 Å². The van der Waals surface area contributed by atoms with Gasteiger partial charge in [-0.25, -0.2) is 9.97 Å². The summed E-state index contributed by atoms with van der Waals surface area (Å²) < 4.78 is 3.17. The molecule has 0 saturated carbocycles. The fraction of sp³-hybridized carbons (Fsp3) is 0.176. The Morgan fingerprint density at radius 3 is 2.48 bits per heavy atom. The first-order chi connectivity index (χ1) is 12.0. The van der Waals surface area contributed by atoms with Crippen molar-refractivity contribution < 1.29 is 9.59 Å². The molecule has 0 fully saturated rings. The zero-order valence-electron chi connectivity index (χ0n) is 13.9. The molecule has 0 unspecified atom stereocenters. The topological polar surface area (TPSA) is 93.8 Å². The third kappa shape index (κ3) is 3.74. The summed E-state index contributed by atoms with van der Waals surface area (Å²) in [7, 11) is 3.42. The summed E-state index contributed by atoms with van der Waals surface area (Å²) in [5.41, 5.74) is 0.994. The minimum Gasteiger partial charge on any atom is -0.345 e. The summed E-state index contributed by atoms with van der Waals surface area (Å²) in [4.78, 5) is 32.6. The van der Waals surface area contributed by atoms with E-state index in [-0.39, 0.29) is 23.5 Å². The van der Waals surface area contributed by atoms with Crippen molar-refractivity contribution in [2.75, 3.05) is 5.32 Å². The van der Waals surface area contributed by atoms with Crippen LogP contribution in [0.15, 0.2) is 48.9 Å². The van der Waals surface area contributed by atoms with Crippen LogP contribution in [-0.2, 0) is 20.6 Å². The van der Waals surface area contributed by atoms with Crippen LogP contribution in [-0.4, -0.2) is 30.9 Å². The second-order valence-corrected chi connectivity index (χ2v) is 5.54. The van der Waals surface area contributed by atoms with Crippen molar-refractivity contribution in [3.63, 3.8) is 0 Å². The Labute approximate surface area is 144 Å². The first-order valence-corrected chi connectivity index (χ1v) is 7.69. The molecular weight excluding hydrogens is 320 g/mol. The van der Waals surface area contributed by atoms with Crippen molar-refractivity contribution in [2.24, 2.45) is 14.1 Å². The minimum absolute atomic E-state index is 0.214. The molecule has 8 nitrogen and oxygen atoms in total. The molecule has 25 heavy (non-hydrogen) atoms. The maximum absolute atomic E-state index is 12.3. The number of rotatable bonds is 5. The zero-order chi connectivity index (χ0) is 17.8. The number of carbonyl (C=O) groups excluding carboxylic acids is 2. The van der Waals surface area contributed by atoms with Crippen molar-refractivity contribution in [1.29, 1.82) is 0 Å². The molecule has 0 spiro atoms. The van der Waals surface area contributed by atoms with Crippen LogP contribution in [0, 0.1) is 0 Å². The van der Waals surface area contributed by atoms with Gasteiger partial charge in [-0.3, -0.25) is 9.59 Å². The molecule has 0 bridgehead atoms. The molecule has 2 heterocycles. The normalized spacial score (nSPS) is 10.5. The van der Waals surface area contributed by atoms with Crippen LogP contribution in [0.1, 0.15) is 26.8 Å². The van der Waals surface area contributed by atoms with Crippen molar-refractivity contribution in [3.8, 4) is 0 Å². The predicted octanol–water partition coefficient (Wildman–Crippen LogP) is 1.34. The van der Waals surface area contributed by atoms with Crippen molar-refractivity contribution in [2.45, 2.75) is 6.54 Å². The van der Waals surface area contributed by atoms with Crippen molar-refractivity contribution in [1.82, 2.24) is 24.4 Å². The minimum atomic E-state index is -0.387. The van der Waals surface area contributed by atoms with E-state index in [1.165, 1.54) is 6.20 Å². The van der Waals surface area contributed by atoms with E-state index in [1.807, 2.05) is 30.3 Å². The summed E-state index contributed by atoms with van der Waals surface area (Å²) in [6.07, 6.45) is 4.80. The average Bonchev–Trinajstić information content (AvgIpc) is 3.19. The molecule has 0 radical (unpaired) electrons. The largest absolute Gasteiger partial charge is 0.345 e. The number of hydrogen-bond donors (Lipinski definition) is 2. The lowest BCUT2D eigenvalue weighted by molar-refractivity contribution is 0.0936. The molecule has 2 aromatic heterocycles. The Morgan fingerprint density at radius 2 is 1.80 bits per heavy atom. The second kappa shape index (κ2) is 7.00. The lowest BCUT2D eigenvalue weighted by atomic mass is 10.2. The van der Waals surface area contributed by atoms with Gasteiger partial charge in [-0.15, -0.1) is 0 Å². The van der Waals surface area contributed by atoms with Crippen LogP contribution in [0.3, 0.4) is 0 Å². The zero-order valence-corrected chi connectivity index (χ0v) is 13.9. The molecule has 3 aromatic rings. The van der Waals surface area contributed by atoms with Gasteiger partial charge >= 0.3 is 0 Å². The predicted molar refractivity (Wildman–Crippen MR) is 92.0 cm³/mol. The summed E-state index contributed by atoms with van der Waals surface area (Å²) in [5.74, 6) is 0.0675. The standard InChI is InChI=1S/C17H18N6O2/c1-22-9-8-18-14(22)17(25)21-13-11-23(2)15(20-13)16(24)19-10-12-6-4-3-5-7-12/h3-9,11H,10H2,1-2H3,(H,19,24)(H,21,25). The van der Waals surface area contributed by atoms with Gasteiger partial charge in [0.1, 0.15) is 0 Å². The molecule has 0 aliphatic carbocycles. The number of aryl methyl sites for hydroxylation is 2. The van der Waals surface area contributed by atoms with E-state index in [0.717, 1.165) is 5.56 Å². The van der Waals surface area contributed by atoms with Gasteiger partial charge in [-0.2, -0.15) is 0 Å². The fourth-order valence-electron chi connectivity index (χ4n) is 2.35. The smallest absolute Gasteiger partial charge is 0.292 e. The lowest BCUT2D eigenvalue weighted by Gasteiger charge is -2.04. The number of aromatic nitrogens is 4. The summed E-state index contributed by atoms with van der Waals surface area (Å²) >= 11 is 0. The number of amides is 2. The molecule has 3 rings (SSSR count).